The molecule has 1 heterocycles. The second kappa shape index (κ2) is 5.32. The summed E-state index contributed by atoms with van der Waals surface area (Å²) in [5, 5.41) is 12.1. The van der Waals surface area contributed by atoms with Crippen molar-refractivity contribution in [2.24, 2.45) is 5.41 Å². The van der Waals surface area contributed by atoms with Crippen molar-refractivity contribution in [3.8, 4) is 11.5 Å². The summed E-state index contributed by atoms with van der Waals surface area (Å²) in [6.07, 6.45) is 2.80. The van der Waals surface area contributed by atoms with Crippen molar-refractivity contribution in [2.45, 2.75) is 19.3 Å². The van der Waals surface area contributed by atoms with Crippen molar-refractivity contribution in [1.29, 1.82) is 0 Å². The number of benzene rings is 1. The largest absolute Gasteiger partial charge is 0.490 e. The van der Waals surface area contributed by atoms with Gasteiger partial charge in [0.25, 0.3) is 5.91 Å². The van der Waals surface area contributed by atoms with Crippen LogP contribution < -0.4 is 14.8 Å². The lowest BCUT2D eigenvalue weighted by atomic mass is 10.1. The van der Waals surface area contributed by atoms with Gasteiger partial charge in [-0.15, -0.1) is 0 Å². The maximum absolute atomic E-state index is 12.1. The molecular formula is C15H19NO4. The van der Waals surface area contributed by atoms with E-state index in [0.717, 1.165) is 19.3 Å². The molecule has 0 aromatic heterocycles. The summed E-state index contributed by atoms with van der Waals surface area (Å²) in [5.74, 6) is 1.17. The van der Waals surface area contributed by atoms with Crippen LogP contribution in [0.15, 0.2) is 18.2 Å². The van der Waals surface area contributed by atoms with E-state index in [-0.39, 0.29) is 17.9 Å². The molecule has 1 aromatic rings. The van der Waals surface area contributed by atoms with Gasteiger partial charge in [0.2, 0.25) is 0 Å². The Balaban J connectivity index is 1.67. The number of carbonyl (C=O) groups excluding carboxylic acids is 1. The third-order valence-electron chi connectivity index (χ3n) is 3.93. The maximum Gasteiger partial charge on any atom is 0.251 e. The SMILES string of the molecule is O=C(NCC1(CO)CC1)c1ccc2c(c1)OCCCO2. The number of hydrogen-bond donors (Lipinski definition) is 2. The van der Waals surface area contributed by atoms with Gasteiger partial charge in [-0.1, -0.05) is 0 Å². The van der Waals surface area contributed by atoms with Crippen molar-refractivity contribution in [1.82, 2.24) is 5.32 Å². The van der Waals surface area contributed by atoms with Crippen LogP contribution >= 0.6 is 0 Å². The number of carbonyl (C=O) groups is 1. The first-order chi connectivity index (χ1) is 9.72. The van der Waals surface area contributed by atoms with Crippen LogP contribution in [0.1, 0.15) is 29.6 Å². The van der Waals surface area contributed by atoms with Crippen molar-refractivity contribution in [2.75, 3.05) is 26.4 Å². The van der Waals surface area contributed by atoms with Gasteiger partial charge in [-0.3, -0.25) is 4.79 Å². The van der Waals surface area contributed by atoms with Crippen molar-refractivity contribution in [3.63, 3.8) is 0 Å². The Kier molecular flexibility index (Phi) is 3.53. The predicted octanol–water partition coefficient (Wildman–Crippen LogP) is 1.35. The van der Waals surface area contributed by atoms with E-state index >= 15 is 0 Å². The minimum absolute atomic E-state index is 0.0824. The molecule has 108 valence electrons. The number of ether oxygens (including phenoxy) is 2. The zero-order valence-corrected chi connectivity index (χ0v) is 11.4. The van der Waals surface area contributed by atoms with E-state index in [1.54, 1.807) is 18.2 Å². The lowest BCUT2D eigenvalue weighted by Crippen LogP contribution is -2.31. The molecule has 2 aliphatic rings. The first-order valence-corrected chi connectivity index (χ1v) is 7.01. The van der Waals surface area contributed by atoms with Gasteiger partial charge < -0.3 is 19.9 Å². The molecule has 1 aliphatic carbocycles. The molecule has 0 radical (unpaired) electrons. The van der Waals surface area contributed by atoms with Gasteiger partial charge >= 0.3 is 0 Å². The molecule has 1 amide bonds. The molecule has 0 saturated heterocycles. The minimum Gasteiger partial charge on any atom is -0.490 e. The zero-order valence-electron chi connectivity index (χ0n) is 11.4. The first-order valence-electron chi connectivity index (χ1n) is 7.01. The van der Waals surface area contributed by atoms with E-state index in [1.807, 2.05) is 0 Å². The Bertz CT molecular complexity index is 511. The van der Waals surface area contributed by atoms with Gasteiger partial charge in [0.15, 0.2) is 11.5 Å². The summed E-state index contributed by atoms with van der Waals surface area (Å²) in [6.45, 7) is 1.90. The first kappa shape index (κ1) is 13.2. The normalized spacial score (nSPS) is 19.1. The summed E-state index contributed by atoms with van der Waals surface area (Å²) >= 11 is 0. The third-order valence-corrected chi connectivity index (χ3v) is 3.93. The lowest BCUT2D eigenvalue weighted by molar-refractivity contribution is 0.0934. The smallest absolute Gasteiger partial charge is 0.251 e. The van der Waals surface area contributed by atoms with E-state index in [4.69, 9.17) is 9.47 Å². The topological polar surface area (TPSA) is 67.8 Å². The summed E-state index contributed by atoms with van der Waals surface area (Å²) in [6, 6.07) is 5.23. The Morgan fingerprint density at radius 2 is 2.00 bits per heavy atom. The number of hydrogen-bond acceptors (Lipinski definition) is 4. The van der Waals surface area contributed by atoms with Crippen LogP contribution in [0.5, 0.6) is 11.5 Å². The van der Waals surface area contributed by atoms with Crippen molar-refractivity contribution < 1.29 is 19.4 Å². The van der Waals surface area contributed by atoms with Crippen LogP contribution in [0.25, 0.3) is 0 Å². The van der Waals surface area contributed by atoms with Crippen molar-refractivity contribution >= 4 is 5.91 Å². The molecule has 0 bridgehead atoms. The molecule has 2 N–H and O–H groups in total. The fraction of sp³-hybridized carbons (Fsp3) is 0.533. The number of aliphatic hydroxyl groups excluding tert-OH is 1. The van der Waals surface area contributed by atoms with Gasteiger partial charge in [0.1, 0.15) is 0 Å². The van der Waals surface area contributed by atoms with Crippen LogP contribution in [0, 0.1) is 5.41 Å². The fourth-order valence-electron chi connectivity index (χ4n) is 2.24. The molecule has 0 spiro atoms. The number of nitrogens with one attached hydrogen (secondary N) is 1. The minimum atomic E-state index is -0.139. The second-order valence-corrected chi connectivity index (χ2v) is 5.55. The standard InChI is InChI=1S/C15H19NO4/c17-10-15(4-5-15)9-16-14(18)11-2-3-12-13(8-11)20-7-1-6-19-12/h2-3,8,17H,1,4-7,9-10H2,(H,16,18). The molecule has 1 saturated carbocycles. The number of rotatable bonds is 4. The molecule has 1 fully saturated rings. The summed E-state index contributed by atoms with van der Waals surface area (Å²) in [5.41, 5.74) is 0.476. The summed E-state index contributed by atoms with van der Waals surface area (Å²) in [4.78, 5) is 12.1. The lowest BCUT2D eigenvalue weighted by Gasteiger charge is -2.13. The van der Waals surface area contributed by atoms with Gasteiger partial charge in [-0.2, -0.15) is 0 Å². The van der Waals surface area contributed by atoms with E-state index in [1.165, 1.54) is 0 Å². The average Bonchev–Trinajstić information content (AvgIpc) is 3.28. The highest BCUT2D eigenvalue weighted by atomic mass is 16.5. The van der Waals surface area contributed by atoms with E-state index in [2.05, 4.69) is 5.32 Å². The molecule has 1 aromatic carbocycles. The molecule has 0 unspecified atom stereocenters. The van der Waals surface area contributed by atoms with Crippen LogP contribution in [-0.2, 0) is 0 Å². The predicted molar refractivity (Wildman–Crippen MR) is 73.1 cm³/mol. The zero-order chi connectivity index (χ0) is 14.0. The Labute approximate surface area is 117 Å². The Morgan fingerprint density at radius 3 is 2.70 bits per heavy atom. The Morgan fingerprint density at radius 1 is 1.25 bits per heavy atom. The summed E-state index contributed by atoms with van der Waals surface area (Å²) < 4.78 is 11.1. The van der Waals surface area contributed by atoms with Crippen LogP contribution in [0.2, 0.25) is 0 Å². The highest BCUT2D eigenvalue weighted by Gasteiger charge is 2.42. The maximum atomic E-state index is 12.1. The molecule has 20 heavy (non-hydrogen) atoms. The molecule has 1 aliphatic heterocycles. The molecule has 3 rings (SSSR count). The average molecular weight is 277 g/mol. The van der Waals surface area contributed by atoms with Gasteiger partial charge in [0.05, 0.1) is 19.8 Å². The second-order valence-electron chi connectivity index (χ2n) is 5.55. The molecular weight excluding hydrogens is 258 g/mol. The fourth-order valence-corrected chi connectivity index (χ4v) is 2.24. The monoisotopic (exact) mass is 277 g/mol. The van der Waals surface area contributed by atoms with Gasteiger partial charge in [-0.25, -0.2) is 0 Å². The van der Waals surface area contributed by atoms with E-state index in [0.29, 0.717) is 36.8 Å². The summed E-state index contributed by atoms with van der Waals surface area (Å²) in [7, 11) is 0. The number of fused-ring (bicyclic) bond motifs is 1. The highest BCUT2D eigenvalue weighted by molar-refractivity contribution is 5.94. The van der Waals surface area contributed by atoms with E-state index in [9.17, 15) is 9.90 Å². The number of amides is 1. The van der Waals surface area contributed by atoms with Crippen LogP contribution in [-0.4, -0.2) is 37.4 Å². The van der Waals surface area contributed by atoms with E-state index < -0.39 is 0 Å². The molecule has 5 heteroatoms. The van der Waals surface area contributed by atoms with Crippen LogP contribution in [0.4, 0.5) is 0 Å². The third kappa shape index (κ3) is 2.72. The highest BCUT2D eigenvalue weighted by Crippen LogP contribution is 2.44. The van der Waals surface area contributed by atoms with Gasteiger partial charge in [-0.05, 0) is 31.0 Å². The molecule has 0 atom stereocenters. The molecule has 5 nitrogen and oxygen atoms in total. The van der Waals surface area contributed by atoms with Crippen LogP contribution in [0.3, 0.4) is 0 Å². The quantitative estimate of drug-likeness (QED) is 0.871. The van der Waals surface area contributed by atoms with Gasteiger partial charge in [0, 0.05) is 23.9 Å². The number of aliphatic hydroxyl groups is 1. The van der Waals surface area contributed by atoms with Crippen molar-refractivity contribution in [3.05, 3.63) is 23.8 Å². The Hall–Kier alpha value is -1.75.